The summed E-state index contributed by atoms with van der Waals surface area (Å²) in [5.41, 5.74) is 0.956. The van der Waals surface area contributed by atoms with Crippen molar-refractivity contribution in [2.24, 2.45) is 0 Å². The molecule has 0 unspecified atom stereocenters. The van der Waals surface area contributed by atoms with Crippen molar-refractivity contribution in [3.8, 4) is 0 Å². The molecule has 0 fully saturated rings. The van der Waals surface area contributed by atoms with E-state index in [9.17, 15) is 8.42 Å². The fourth-order valence-corrected chi connectivity index (χ4v) is 18.9. The molecule has 0 aromatic heterocycles. The number of hydrogen-bond donors (Lipinski definition) is 1. The molecule has 0 heterocycles. The van der Waals surface area contributed by atoms with Gasteiger partial charge in [-0.25, -0.2) is 0 Å². The monoisotopic (exact) mass is 1050 g/mol. The van der Waals surface area contributed by atoms with Crippen LogP contribution in [-0.2, 0) is 10.1 Å². The Bertz CT molecular complexity index is 1070. The maximum absolute atomic E-state index is 10.5. The van der Waals surface area contributed by atoms with Gasteiger partial charge in [0.1, 0.15) is 0 Å². The van der Waals surface area contributed by atoms with Gasteiger partial charge in [-0.15, -0.1) is 0 Å². The zero-order chi connectivity index (χ0) is 48.1. The van der Waals surface area contributed by atoms with Gasteiger partial charge in [0.05, 0.1) is 4.90 Å². The second-order valence-corrected chi connectivity index (χ2v) is 31.2. The van der Waals surface area contributed by atoms with Gasteiger partial charge in [-0.3, -0.25) is 4.55 Å². The third kappa shape index (κ3) is 51.8. The van der Waals surface area contributed by atoms with Crippen molar-refractivity contribution >= 4 is 29.9 Å². The van der Waals surface area contributed by atoms with E-state index in [1.165, 1.54) is 282 Å². The Morgan fingerprint density at radius 1 is 0.303 bits per heavy atom. The molecule has 0 aliphatic heterocycles. The van der Waals surface area contributed by atoms with Crippen LogP contribution in [0.5, 0.6) is 0 Å². The van der Waals surface area contributed by atoms with Crippen LogP contribution in [0.25, 0.3) is 0 Å². The van der Waals surface area contributed by atoms with E-state index in [4.69, 9.17) is 4.55 Å². The molecule has 0 saturated carbocycles. The maximum atomic E-state index is 10.5. The topological polar surface area (TPSA) is 54.4 Å². The van der Waals surface area contributed by atoms with Crippen molar-refractivity contribution in [3.63, 3.8) is 0 Å². The summed E-state index contributed by atoms with van der Waals surface area (Å²) < 4.78 is 34.8. The van der Waals surface area contributed by atoms with Crippen LogP contribution in [0.2, 0.25) is 13.3 Å². The van der Waals surface area contributed by atoms with Crippen LogP contribution >= 0.6 is 0 Å². The fraction of sp³-hybridized carbons (Fsp3) is 0.902. The molecule has 0 aliphatic rings. The normalized spacial score (nSPS) is 11.7. The van der Waals surface area contributed by atoms with Crippen LogP contribution in [0.3, 0.4) is 0 Å². The third-order valence-electron chi connectivity index (χ3n) is 14.5. The number of hydrogen-bond acceptors (Lipinski definition) is 2. The molecule has 0 spiro atoms. The van der Waals surface area contributed by atoms with Gasteiger partial charge < -0.3 is 0 Å². The van der Waals surface area contributed by atoms with Crippen LogP contribution in [0, 0.1) is 6.92 Å². The van der Waals surface area contributed by atoms with Crippen LogP contribution in [0.1, 0.15) is 335 Å². The zero-order valence-electron chi connectivity index (χ0n) is 45.5. The van der Waals surface area contributed by atoms with Gasteiger partial charge in [0, 0.05) is 0 Å². The van der Waals surface area contributed by atoms with Gasteiger partial charge in [-0.2, -0.15) is 8.42 Å². The summed E-state index contributed by atoms with van der Waals surface area (Å²) in [4.78, 5) is -0.0666. The van der Waals surface area contributed by atoms with Crippen LogP contribution in [0.4, 0.5) is 0 Å². The summed E-state index contributed by atoms with van der Waals surface area (Å²) in [6.07, 6.45) is 72.0. The molecule has 66 heavy (non-hydrogen) atoms. The van der Waals surface area contributed by atoms with Gasteiger partial charge in [0.2, 0.25) is 0 Å². The molecule has 391 valence electrons. The van der Waals surface area contributed by atoms with Crippen LogP contribution < -0.4 is 0 Å². The van der Waals surface area contributed by atoms with Crippen molar-refractivity contribution in [2.45, 2.75) is 354 Å². The first-order valence-corrected chi connectivity index (χ1v) is 37.7. The minimum Gasteiger partial charge on any atom is -0.282 e. The molecule has 1 N–H and O–H groups in total. The van der Waals surface area contributed by atoms with E-state index in [1.54, 1.807) is 64.0 Å². The molecule has 0 atom stereocenters. The Kier molecular flexibility index (Phi) is 54.2. The Hall–Kier alpha value is -0.0713. The zero-order valence-corrected chi connectivity index (χ0v) is 49.2. The van der Waals surface area contributed by atoms with Gasteiger partial charge in [0.25, 0.3) is 10.1 Å². The molecule has 1 aromatic rings. The second kappa shape index (κ2) is 54.3. The minimum atomic E-state index is -4.02. The van der Waals surface area contributed by atoms with E-state index in [-0.39, 0.29) is 4.90 Å². The number of unbranched alkanes of at least 4 members (excludes halogenated alkanes) is 45. The Morgan fingerprint density at radius 3 is 0.636 bits per heavy atom. The van der Waals surface area contributed by atoms with Crippen molar-refractivity contribution in [2.75, 3.05) is 0 Å². The predicted molar refractivity (Wildman–Crippen MR) is 300 cm³/mol. The molecule has 5 heteroatoms. The smallest absolute Gasteiger partial charge is 0.282 e. The fourth-order valence-electron chi connectivity index (χ4n) is 9.85. The summed E-state index contributed by atoms with van der Waals surface area (Å²) in [5.74, 6) is 0. The third-order valence-corrected chi connectivity index (χ3v) is 24.4. The molecule has 0 amide bonds. The van der Waals surface area contributed by atoms with Crippen molar-refractivity contribution in [1.82, 2.24) is 0 Å². The quantitative estimate of drug-likeness (QED) is 0.0402. The number of benzene rings is 1. The molecule has 0 bridgehead atoms. The molecule has 1 rings (SSSR count). The van der Waals surface area contributed by atoms with Crippen molar-refractivity contribution in [1.29, 1.82) is 0 Å². The van der Waals surface area contributed by atoms with E-state index >= 15 is 0 Å². The van der Waals surface area contributed by atoms with E-state index in [0.717, 1.165) is 5.56 Å². The summed E-state index contributed by atoms with van der Waals surface area (Å²) in [6, 6.07) is 5.99. The molecule has 1 aromatic carbocycles. The molecule has 0 aliphatic carbocycles. The Morgan fingerprint density at radius 2 is 0.470 bits per heavy atom. The Labute approximate surface area is 424 Å². The first kappa shape index (κ1) is 65.9. The second-order valence-electron chi connectivity index (χ2n) is 21.2. The standard InChI is InChI=1S/3C18H37.C7H8O3S.Sn/c3*1-3-5-7-9-11-13-15-17-18-16-14-12-10-8-6-4-2;1-6-2-4-7(5-3-6)11(8,9)10;/h3*1,3-18H2,2H3;2-5H,1H3,(H,8,9,10);. The Balaban J connectivity index is 0.00000332. The van der Waals surface area contributed by atoms with E-state index in [0.29, 0.717) is 0 Å². The number of rotatable bonds is 52. The van der Waals surface area contributed by atoms with Crippen molar-refractivity contribution < 1.29 is 13.0 Å². The summed E-state index contributed by atoms with van der Waals surface area (Å²) in [5, 5.41) is 0. The molecular weight excluding hydrogens is 931 g/mol. The van der Waals surface area contributed by atoms with Crippen molar-refractivity contribution in [3.05, 3.63) is 29.8 Å². The van der Waals surface area contributed by atoms with Gasteiger partial charge >= 0.3 is 245 Å². The number of aryl methyl sites for hydroxylation is 1. The van der Waals surface area contributed by atoms with Crippen LogP contribution in [-0.4, -0.2) is 32.7 Å². The summed E-state index contributed by atoms with van der Waals surface area (Å²) in [7, 11) is -4.02. The minimum absolute atomic E-state index is 0.0666. The molecule has 3 nitrogen and oxygen atoms in total. The van der Waals surface area contributed by atoms with E-state index in [2.05, 4.69) is 20.8 Å². The first-order valence-electron chi connectivity index (χ1n) is 30.2. The summed E-state index contributed by atoms with van der Waals surface area (Å²) in [6.45, 7) is 8.81. The first-order chi connectivity index (χ1) is 32.3. The van der Waals surface area contributed by atoms with E-state index in [1.807, 2.05) is 6.92 Å². The predicted octanol–water partition coefficient (Wildman–Crippen LogP) is 22.5. The molecule has 0 saturated heterocycles. The van der Waals surface area contributed by atoms with Crippen LogP contribution in [0.15, 0.2) is 29.2 Å². The van der Waals surface area contributed by atoms with Gasteiger partial charge in [-0.05, 0) is 19.1 Å². The summed E-state index contributed by atoms with van der Waals surface area (Å²) >= 11 is -1.16. The van der Waals surface area contributed by atoms with Gasteiger partial charge in [-0.1, -0.05) is 135 Å². The molecule has 1 radical (unpaired) electrons. The average Bonchev–Trinajstić information content (AvgIpc) is 3.30. The van der Waals surface area contributed by atoms with Gasteiger partial charge in [0.15, 0.2) is 0 Å². The average molecular weight is 1050 g/mol. The van der Waals surface area contributed by atoms with E-state index < -0.39 is 29.9 Å². The SMILES string of the molecule is CCCCCCCCCCCCCCCCC[CH2][Sn]([CH2]CCCCCCCCCCCCCCCCC)[CH2]CCCCCCCCCCCCCCCCC.Cc1ccc(S(=O)(=O)O)cc1. The molecular formula is C61H119O3SSn.